The fourth-order valence-electron chi connectivity index (χ4n) is 6.99. The molecule has 5 aliphatic rings. The number of urea groups is 1. The first-order chi connectivity index (χ1) is 17.2. The van der Waals surface area contributed by atoms with Crippen molar-refractivity contribution >= 4 is 17.8 Å². The molecule has 1 aliphatic heterocycles. The third kappa shape index (κ3) is 4.89. The highest BCUT2D eigenvalue weighted by Crippen LogP contribution is 2.58. The van der Waals surface area contributed by atoms with Crippen LogP contribution in [0.15, 0.2) is 18.2 Å². The van der Waals surface area contributed by atoms with Gasteiger partial charge in [0.1, 0.15) is 5.82 Å². The number of hydrogen-bond acceptors (Lipinski definition) is 4. The average Bonchev–Trinajstić information content (AvgIpc) is 2.85. The second-order valence-corrected chi connectivity index (χ2v) is 10.7. The highest BCUT2D eigenvalue weighted by Gasteiger charge is 2.55. The lowest BCUT2D eigenvalue weighted by atomic mass is 9.52. The Hall–Kier alpha value is -2.82. The monoisotopic (exact) mass is 508 g/mol. The van der Waals surface area contributed by atoms with Gasteiger partial charge in [-0.25, -0.2) is 9.18 Å². The molecule has 0 radical (unpaired) electrons. The lowest BCUT2D eigenvalue weighted by molar-refractivity contribution is -0.132. The van der Waals surface area contributed by atoms with Crippen molar-refractivity contribution in [2.24, 2.45) is 17.8 Å². The van der Waals surface area contributed by atoms with Crippen LogP contribution in [0.25, 0.3) is 0 Å². The summed E-state index contributed by atoms with van der Waals surface area (Å²) < 4.78 is 45.3. The topological polar surface area (TPSA) is 91.0 Å². The number of alkyl halides is 2. The van der Waals surface area contributed by atoms with Gasteiger partial charge in [0, 0.05) is 29.8 Å². The smallest absolute Gasteiger partial charge is 0.320 e. The zero-order valence-corrected chi connectivity index (χ0v) is 20.0. The number of rotatable bonds is 5. The van der Waals surface area contributed by atoms with Crippen LogP contribution >= 0.6 is 0 Å². The number of hydrazine groups is 1. The Labute approximate surface area is 207 Å². The number of nitrogens with one attached hydrogen (secondary N) is 2. The van der Waals surface area contributed by atoms with E-state index in [2.05, 4.69) is 0 Å². The van der Waals surface area contributed by atoms with Crippen molar-refractivity contribution in [3.63, 3.8) is 0 Å². The highest BCUT2D eigenvalue weighted by atomic mass is 19.3. The van der Waals surface area contributed by atoms with Gasteiger partial charge in [-0.1, -0.05) is 6.07 Å². The standard InChI is InChI=1S/C25H31F3N4O4/c26-20-10-18(22(33)29-30-23(34)21(27)28)1-2-19(20)14-32(24(35)31-3-5-36-6-4-31)25-11-15-7-16(12-25)9-17(8-15)13-25/h1-2,10,15-17,21H,3-9,11-14H2,(H,29,33)(H,30,34). The summed E-state index contributed by atoms with van der Waals surface area (Å²) in [6, 6.07) is 3.70. The third-order valence-corrected chi connectivity index (χ3v) is 8.23. The summed E-state index contributed by atoms with van der Waals surface area (Å²) in [5, 5.41) is 0. The number of hydrogen-bond donors (Lipinski definition) is 2. The Morgan fingerprint density at radius 3 is 2.19 bits per heavy atom. The maximum Gasteiger partial charge on any atom is 0.320 e. The molecule has 0 spiro atoms. The minimum Gasteiger partial charge on any atom is -0.378 e. The zero-order chi connectivity index (χ0) is 25.4. The van der Waals surface area contributed by atoms with Gasteiger partial charge >= 0.3 is 18.4 Å². The average molecular weight is 509 g/mol. The predicted molar refractivity (Wildman–Crippen MR) is 122 cm³/mol. The predicted octanol–water partition coefficient (Wildman–Crippen LogP) is 3.07. The first kappa shape index (κ1) is 24.9. The second kappa shape index (κ2) is 9.91. The fraction of sp³-hybridized carbons (Fsp3) is 0.640. The third-order valence-electron chi connectivity index (χ3n) is 8.23. The Kier molecular flexibility index (Phi) is 6.84. The van der Waals surface area contributed by atoms with Crippen molar-refractivity contribution in [3.05, 3.63) is 35.1 Å². The van der Waals surface area contributed by atoms with E-state index in [-0.39, 0.29) is 29.2 Å². The molecule has 1 aromatic carbocycles. The van der Waals surface area contributed by atoms with E-state index in [0.717, 1.165) is 25.3 Å². The summed E-state index contributed by atoms with van der Waals surface area (Å²) in [6.45, 7) is 2.01. The van der Waals surface area contributed by atoms with E-state index >= 15 is 4.39 Å². The minimum absolute atomic E-state index is 0.0815. The van der Waals surface area contributed by atoms with E-state index in [1.54, 1.807) is 10.3 Å². The van der Waals surface area contributed by atoms with Crippen molar-refractivity contribution in [2.45, 2.75) is 57.0 Å². The molecule has 1 aromatic rings. The van der Waals surface area contributed by atoms with E-state index in [1.807, 2.05) is 10.3 Å². The summed E-state index contributed by atoms with van der Waals surface area (Å²) in [5.74, 6) is -1.47. The van der Waals surface area contributed by atoms with Gasteiger partial charge in [-0.3, -0.25) is 20.4 Å². The number of carbonyl (C=O) groups excluding carboxylic acids is 3. The number of benzene rings is 1. The molecule has 4 saturated carbocycles. The summed E-state index contributed by atoms with van der Waals surface area (Å²) >= 11 is 0. The number of nitrogens with zero attached hydrogens (tertiary/aromatic N) is 2. The molecule has 6 rings (SSSR count). The van der Waals surface area contributed by atoms with Crippen LogP contribution in [0.4, 0.5) is 18.0 Å². The summed E-state index contributed by atoms with van der Waals surface area (Å²) in [4.78, 5) is 40.6. The molecule has 1 saturated heterocycles. The van der Waals surface area contributed by atoms with E-state index < -0.39 is 24.1 Å². The molecule has 11 heteroatoms. The van der Waals surface area contributed by atoms with Gasteiger partial charge in [-0.15, -0.1) is 0 Å². The van der Waals surface area contributed by atoms with Gasteiger partial charge in [0.2, 0.25) is 0 Å². The van der Waals surface area contributed by atoms with Crippen LogP contribution in [0.5, 0.6) is 0 Å². The summed E-state index contributed by atoms with van der Waals surface area (Å²) in [7, 11) is 0. The number of amides is 4. The van der Waals surface area contributed by atoms with Crippen LogP contribution in [0.2, 0.25) is 0 Å². The van der Waals surface area contributed by atoms with Gasteiger partial charge in [0.05, 0.1) is 19.8 Å². The van der Waals surface area contributed by atoms with Gasteiger partial charge in [0.25, 0.3) is 5.91 Å². The normalized spacial score (nSPS) is 28.8. The quantitative estimate of drug-likeness (QED) is 0.599. The zero-order valence-electron chi connectivity index (χ0n) is 20.0. The maximum atomic E-state index is 15.2. The molecule has 2 N–H and O–H groups in total. The van der Waals surface area contributed by atoms with E-state index in [1.165, 1.54) is 31.4 Å². The number of carbonyl (C=O) groups is 3. The molecule has 4 amide bonds. The first-order valence-electron chi connectivity index (χ1n) is 12.5. The van der Waals surface area contributed by atoms with E-state index in [4.69, 9.17) is 4.74 Å². The first-order valence-corrected chi connectivity index (χ1v) is 12.5. The van der Waals surface area contributed by atoms with Gasteiger partial charge in [0.15, 0.2) is 0 Å². The van der Waals surface area contributed by atoms with Crippen LogP contribution in [0.3, 0.4) is 0 Å². The molecule has 0 aromatic heterocycles. The van der Waals surface area contributed by atoms with E-state index in [0.29, 0.717) is 44.1 Å². The molecule has 0 atom stereocenters. The molecular formula is C25H31F3N4O4. The Morgan fingerprint density at radius 1 is 1.03 bits per heavy atom. The lowest BCUT2D eigenvalue weighted by Crippen LogP contribution is -2.64. The van der Waals surface area contributed by atoms with Crippen molar-refractivity contribution in [1.29, 1.82) is 0 Å². The summed E-state index contributed by atoms with van der Waals surface area (Å²) in [6.07, 6.45) is 3.13. The Balaban J connectivity index is 1.37. The Morgan fingerprint density at radius 2 is 1.64 bits per heavy atom. The molecule has 4 aliphatic carbocycles. The second-order valence-electron chi connectivity index (χ2n) is 10.7. The van der Waals surface area contributed by atoms with Crippen molar-refractivity contribution in [1.82, 2.24) is 20.7 Å². The Bertz CT molecular complexity index is 995. The maximum absolute atomic E-state index is 15.2. The number of morpholine rings is 1. The van der Waals surface area contributed by atoms with Crippen molar-refractivity contribution in [2.75, 3.05) is 26.3 Å². The van der Waals surface area contributed by atoms with Crippen LogP contribution < -0.4 is 10.9 Å². The van der Waals surface area contributed by atoms with Crippen LogP contribution in [-0.2, 0) is 16.1 Å². The molecule has 36 heavy (non-hydrogen) atoms. The SMILES string of the molecule is O=C(NNC(=O)C(F)F)c1ccc(CN(C(=O)N2CCOCC2)C23CC4CC(CC(C4)C2)C3)c(F)c1. The molecule has 8 nitrogen and oxygen atoms in total. The van der Waals surface area contributed by atoms with Gasteiger partial charge < -0.3 is 14.5 Å². The lowest BCUT2D eigenvalue weighted by Gasteiger charge is -2.60. The highest BCUT2D eigenvalue weighted by molar-refractivity contribution is 5.95. The summed E-state index contributed by atoms with van der Waals surface area (Å²) in [5.41, 5.74) is 3.29. The van der Waals surface area contributed by atoms with Crippen LogP contribution in [0.1, 0.15) is 54.4 Å². The molecule has 196 valence electrons. The molecule has 4 bridgehead atoms. The molecule has 0 unspecified atom stereocenters. The van der Waals surface area contributed by atoms with Crippen LogP contribution in [-0.4, -0.2) is 65.9 Å². The van der Waals surface area contributed by atoms with Crippen LogP contribution in [0, 0.1) is 23.6 Å². The minimum atomic E-state index is -3.29. The number of halogens is 3. The largest absolute Gasteiger partial charge is 0.378 e. The number of ether oxygens (including phenoxy) is 1. The fourth-order valence-corrected chi connectivity index (χ4v) is 6.99. The molecule has 5 fully saturated rings. The molecule has 1 heterocycles. The van der Waals surface area contributed by atoms with Crippen molar-refractivity contribution < 1.29 is 32.3 Å². The van der Waals surface area contributed by atoms with Gasteiger partial charge in [-0.05, 0) is 68.4 Å². The van der Waals surface area contributed by atoms with E-state index in [9.17, 15) is 23.2 Å². The van der Waals surface area contributed by atoms with Gasteiger partial charge in [-0.2, -0.15) is 8.78 Å². The van der Waals surface area contributed by atoms with Crippen molar-refractivity contribution in [3.8, 4) is 0 Å². The molecular weight excluding hydrogens is 477 g/mol.